The monoisotopic (exact) mass is 1750 g/mol. The van der Waals surface area contributed by atoms with Crippen LogP contribution in [0.25, 0.3) is 10.9 Å². The number of carboxylic acids is 1. The van der Waals surface area contributed by atoms with E-state index in [2.05, 4.69) is 68.8 Å². The maximum atomic E-state index is 15.7. The second kappa shape index (κ2) is 52.0. The maximum absolute atomic E-state index is 15.7. The molecule has 7 rings (SSSR count). The lowest BCUT2D eigenvalue weighted by molar-refractivity contribution is -0.146. The number of aromatic nitrogens is 1. The van der Waals surface area contributed by atoms with Gasteiger partial charge in [-0.05, 0) is 131 Å². The molecule has 0 spiro atoms. The van der Waals surface area contributed by atoms with Crippen LogP contribution in [-0.2, 0) is 101 Å². The number of nitrogens with zero attached hydrogens (tertiary/aromatic N) is 1. The van der Waals surface area contributed by atoms with Gasteiger partial charge in [-0.1, -0.05) is 169 Å². The smallest absolute Gasteiger partial charge is 0.326 e. The molecule has 1 saturated heterocycles. The number of H-pyrrole nitrogens is 1. The van der Waals surface area contributed by atoms with E-state index in [4.69, 9.17) is 22.9 Å². The molecule has 1 fully saturated rings. The highest BCUT2D eigenvalue weighted by molar-refractivity contribution is 8.76. The van der Waals surface area contributed by atoms with Crippen LogP contribution in [0.15, 0.2) is 146 Å². The minimum atomic E-state index is -1.98. The second-order valence-corrected chi connectivity index (χ2v) is 33.8. The Bertz CT molecular complexity index is 4460. The molecule has 15 atom stereocenters. The van der Waals surface area contributed by atoms with Crippen molar-refractivity contribution in [3.63, 3.8) is 0 Å². The highest BCUT2D eigenvalue weighted by atomic mass is 33.1. The Kier molecular flexibility index (Phi) is 42.1. The van der Waals surface area contributed by atoms with Crippen LogP contribution in [0.1, 0.15) is 119 Å². The van der Waals surface area contributed by atoms with Crippen molar-refractivity contribution in [2.45, 2.75) is 221 Å². The van der Waals surface area contributed by atoms with E-state index in [1.165, 1.54) is 6.92 Å². The molecule has 0 unspecified atom stereocenters. The van der Waals surface area contributed by atoms with Crippen molar-refractivity contribution < 1.29 is 82.8 Å². The highest BCUT2D eigenvalue weighted by Gasteiger charge is 2.41. The third-order valence-corrected chi connectivity index (χ3v) is 23.4. The number of aliphatic hydroxyl groups excluding tert-OH is 3. The summed E-state index contributed by atoms with van der Waals surface area (Å²) in [5, 5.41) is 77.7. The van der Waals surface area contributed by atoms with Gasteiger partial charge in [0.1, 0.15) is 72.5 Å². The number of fused-ring (bicyclic) bond motifs is 1. The van der Waals surface area contributed by atoms with Crippen molar-refractivity contribution in [3.8, 4) is 0 Å². The summed E-state index contributed by atoms with van der Waals surface area (Å²) < 4.78 is 0. The summed E-state index contributed by atoms with van der Waals surface area (Å²) >= 11 is 0. The summed E-state index contributed by atoms with van der Waals surface area (Å²) in [5.41, 5.74) is 28.1. The summed E-state index contributed by atoms with van der Waals surface area (Å²) in [6.07, 6.45) is -1.12. The molecule has 35 nitrogen and oxygen atoms in total. The number of likely N-dealkylation sites (N-methyl/N-ethyl adjacent to an activating group) is 1. The number of carboxylic acid groups (broad SMARTS) is 1. The van der Waals surface area contributed by atoms with E-state index in [0.29, 0.717) is 82.3 Å². The molecule has 0 radical (unpaired) electrons. The molecule has 37 heteroatoms. The van der Waals surface area contributed by atoms with Gasteiger partial charge in [0.05, 0.1) is 24.9 Å². The van der Waals surface area contributed by atoms with Crippen LogP contribution >= 0.6 is 21.6 Å². The lowest BCUT2D eigenvalue weighted by Gasteiger charge is -2.33. The molecule has 674 valence electrons. The number of rotatable bonds is 33. The Labute approximate surface area is 729 Å². The van der Waals surface area contributed by atoms with E-state index in [1.54, 1.807) is 128 Å². The Morgan fingerprint density at radius 2 is 0.887 bits per heavy atom. The SMILES string of the molecule is CC(C)NCc1ccc(C[C@@H]2NC(=O)[C@H](Cc3c[nH]c4ccccc34)NC(=O)[C@H](Cc3ccccc3)NC(=O)[C@@H](Cc3ccccc3)NC(=O)[C@@H](CCCCN)NC(=O)[C@H](N)CSSC[C@@H](C(=O)N[C@@H](CCCCN)C(=O)N[C@@H](CCCCN)C(=O)O)NC(=O)[C@H](CO)N(C)C(=O)[C@@H]([C@@H](C)O)NC(=O)[C@H](Cc3ccccc3)NC(=O)[C@@H]([C@@H](C)O)NC2=O)cc1. The van der Waals surface area contributed by atoms with Crippen molar-refractivity contribution >= 4 is 109 Å². The van der Waals surface area contributed by atoms with E-state index in [-0.39, 0.29) is 89.2 Å². The number of hydrogen-bond donors (Lipinski definition) is 21. The van der Waals surface area contributed by atoms with Gasteiger partial charge in [0.2, 0.25) is 70.9 Å². The van der Waals surface area contributed by atoms with Crippen LogP contribution in [0.5, 0.6) is 0 Å². The molecule has 0 aliphatic carbocycles. The van der Waals surface area contributed by atoms with E-state index < -0.39 is 180 Å². The fraction of sp³-hybridized carbons (Fsp3) is 0.483. The van der Waals surface area contributed by atoms with Crippen LogP contribution in [-0.4, -0.2) is 249 Å². The number of para-hydroxylation sites is 1. The number of carbonyl (C=O) groups excluding carboxylic acids is 12. The van der Waals surface area contributed by atoms with Crippen LogP contribution in [0.4, 0.5) is 0 Å². The zero-order chi connectivity index (χ0) is 90.4. The fourth-order valence-corrected chi connectivity index (χ4v) is 16.0. The van der Waals surface area contributed by atoms with Gasteiger partial charge in [0, 0.05) is 80.3 Å². The number of unbranched alkanes of at least 4 members (excludes halogenated alkanes) is 3. The summed E-state index contributed by atoms with van der Waals surface area (Å²) in [4.78, 5) is 196. The first-order valence-electron chi connectivity index (χ1n) is 41.8. The lowest BCUT2D eigenvalue weighted by Crippen LogP contribution is -2.64. The summed E-state index contributed by atoms with van der Waals surface area (Å²) in [7, 11) is 2.88. The zero-order valence-electron chi connectivity index (χ0n) is 70.6. The lowest BCUT2D eigenvalue weighted by atomic mass is 9.99. The standard InChI is InChI=1S/C87H122N18O17S2/c1-51(2)92-46-58-36-34-57(35-37-58)44-68-81(115)103-73(52(3)107)85(119)101-69(43-56-27-13-8-14-28-56)82(116)104-74(53(4)108)86(120)105(5)72(48-106)84(118)102-71(83(117)95-64(32-18-21-39-89)76(110)96-65(87(121)122)33-19-22-40-90)50-124-123-49-61(91)75(109)94-63(31-17-20-38-88)77(111)97-66(41-54-23-9-6-10-24-54)78(112)98-67(42-55-25-11-7-12-26-55)79(113)100-70(80(114)99-68)45-59-47-93-62-30-16-15-29-60(59)62/h6-16,23-30,34-37,47,51-53,61,63-74,92-93,106-108H,17-22,31-33,38-46,48-50,88-91H2,1-5H3,(H,94,109)(H,95,117)(H,96,110)(H,97,111)(H,98,112)(H,99,114)(H,100,113)(H,101,119)(H,102,118)(H,103,115)(H,104,116)(H,121,122)/t52-,53-,61-,63-,64+,65+,66-,67+,68+,69+,70+,71+,72+,73-,74-/m1/s1. The number of aliphatic carboxylic acids is 1. The van der Waals surface area contributed by atoms with Gasteiger partial charge < -0.3 is 117 Å². The van der Waals surface area contributed by atoms with Gasteiger partial charge in [0.15, 0.2) is 0 Å². The minimum absolute atomic E-state index is 0.0120. The molecule has 1 aliphatic rings. The summed E-state index contributed by atoms with van der Waals surface area (Å²) in [6.45, 7) is 6.23. The third kappa shape index (κ3) is 32.3. The van der Waals surface area contributed by atoms with Gasteiger partial charge in [-0.15, -0.1) is 0 Å². The van der Waals surface area contributed by atoms with Crippen molar-refractivity contribution in [3.05, 3.63) is 179 Å². The van der Waals surface area contributed by atoms with E-state index in [9.17, 15) is 54.0 Å². The van der Waals surface area contributed by atoms with Crippen LogP contribution in [0.3, 0.4) is 0 Å². The van der Waals surface area contributed by atoms with Crippen molar-refractivity contribution in [2.75, 3.05) is 44.8 Å². The quantitative estimate of drug-likeness (QED) is 0.0179. The summed E-state index contributed by atoms with van der Waals surface area (Å²) in [5.74, 6) is -14.0. The number of amides is 12. The average molecular weight is 1760 g/mol. The highest BCUT2D eigenvalue weighted by Crippen LogP contribution is 2.25. The van der Waals surface area contributed by atoms with Gasteiger partial charge in [0.25, 0.3) is 0 Å². The molecule has 0 bridgehead atoms. The Morgan fingerprint density at radius 3 is 1.37 bits per heavy atom. The number of carbonyl (C=O) groups is 13. The summed E-state index contributed by atoms with van der Waals surface area (Å²) in [6, 6.07) is 18.8. The number of aliphatic hydroxyl groups is 3. The fourth-order valence-electron chi connectivity index (χ4n) is 13.7. The molecular weight excluding hydrogens is 1630 g/mol. The molecule has 25 N–H and O–H groups in total. The first kappa shape index (κ1) is 100. The number of aromatic amines is 1. The van der Waals surface area contributed by atoms with Crippen molar-refractivity contribution in [1.82, 2.24) is 73.7 Å². The van der Waals surface area contributed by atoms with Crippen LogP contribution in [0.2, 0.25) is 0 Å². The van der Waals surface area contributed by atoms with Gasteiger partial charge in [-0.3, -0.25) is 57.5 Å². The molecule has 6 aromatic rings. The van der Waals surface area contributed by atoms with E-state index in [1.807, 2.05) is 32.0 Å². The van der Waals surface area contributed by atoms with Crippen LogP contribution < -0.4 is 86.7 Å². The van der Waals surface area contributed by atoms with Crippen molar-refractivity contribution in [2.24, 2.45) is 22.9 Å². The second-order valence-electron chi connectivity index (χ2n) is 31.2. The van der Waals surface area contributed by atoms with Crippen molar-refractivity contribution in [1.29, 1.82) is 0 Å². The number of benzene rings is 5. The number of nitrogens with two attached hydrogens (primary N) is 4. The van der Waals surface area contributed by atoms with Gasteiger partial charge in [-0.25, -0.2) is 4.79 Å². The van der Waals surface area contributed by atoms with E-state index in [0.717, 1.165) is 41.1 Å². The molecule has 0 saturated carbocycles. The molecule has 5 aromatic carbocycles. The number of hydrogen-bond acceptors (Lipinski definition) is 23. The number of nitrogens with one attached hydrogen (secondary N) is 13. The molecular formula is C87H122N18O17S2. The third-order valence-electron chi connectivity index (χ3n) is 20.9. The Morgan fingerprint density at radius 1 is 0.468 bits per heavy atom. The first-order valence-corrected chi connectivity index (χ1v) is 44.3. The average Bonchev–Trinajstić information content (AvgIpc) is 1.84. The molecule has 2 heterocycles. The topological polar surface area (TPSA) is 570 Å². The van der Waals surface area contributed by atoms with Crippen LogP contribution in [0, 0.1) is 0 Å². The van der Waals surface area contributed by atoms with Gasteiger partial charge in [-0.2, -0.15) is 0 Å². The molecule has 124 heavy (non-hydrogen) atoms. The molecule has 1 aliphatic heterocycles. The van der Waals surface area contributed by atoms with E-state index >= 15 is 28.8 Å². The molecule has 1 aromatic heterocycles. The Balaban J connectivity index is 1.34. The molecule has 12 amide bonds. The predicted octanol–water partition coefficient (Wildman–Crippen LogP) is -0.713. The van der Waals surface area contributed by atoms with Gasteiger partial charge >= 0.3 is 5.97 Å². The minimum Gasteiger partial charge on any atom is -0.480 e. The predicted molar refractivity (Wildman–Crippen MR) is 472 cm³/mol. The largest absolute Gasteiger partial charge is 0.480 e. The normalized spacial score (nSPS) is 22.5. The first-order chi connectivity index (χ1) is 59.4. The maximum Gasteiger partial charge on any atom is 0.326 e. The zero-order valence-corrected chi connectivity index (χ0v) is 72.2. The Hall–Kier alpha value is -10.9.